The summed E-state index contributed by atoms with van der Waals surface area (Å²) in [5.41, 5.74) is 9.11. The smallest absolute Gasteiger partial charge is 0.0357 e. The van der Waals surface area contributed by atoms with Crippen LogP contribution in [0.1, 0.15) is 45.2 Å². The Labute approximate surface area is 116 Å². The van der Waals surface area contributed by atoms with Gasteiger partial charge in [0.05, 0.1) is 0 Å². The van der Waals surface area contributed by atoms with Gasteiger partial charge in [-0.05, 0) is 44.1 Å². The van der Waals surface area contributed by atoms with Gasteiger partial charge in [-0.2, -0.15) is 11.3 Å². The van der Waals surface area contributed by atoms with E-state index < -0.39 is 0 Å². The highest BCUT2D eigenvalue weighted by atomic mass is 32.1. The summed E-state index contributed by atoms with van der Waals surface area (Å²) in [4.78, 5) is 0. The lowest BCUT2D eigenvalue weighted by molar-refractivity contribution is 0.761. The first-order chi connectivity index (χ1) is 9.45. The van der Waals surface area contributed by atoms with E-state index in [1.165, 1.54) is 33.4 Å². The molecule has 3 aliphatic carbocycles. The summed E-state index contributed by atoms with van der Waals surface area (Å²) >= 11 is 1.84. The molecule has 0 amide bonds. The molecule has 0 nitrogen and oxygen atoms in total. The summed E-state index contributed by atoms with van der Waals surface area (Å²) in [5, 5.41) is 4.69. The van der Waals surface area contributed by atoms with Crippen LogP contribution < -0.4 is 0 Å². The summed E-state index contributed by atoms with van der Waals surface area (Å²) < 4.78 is 0. The van der Waals surface area contributed by atoms with Crippen LogP contribution in [0.25, 0.3) is 0 Å². The van der Waals surface area contributed by atoms with E-state index in [2.05, 4.69) is 59.3 Å². The minimum Gasteiger partial charge on any atom is -0.152 e. The van der Waals surface area contributed by atoms with E-state index in [-0.39, 0.29) is 0 Å². The summed E-state index contributed by atoms with van der Waals surface area (Å²) in [5.74, 6) is 0.914. The summed E-state index contributed by atoms with van der Waals surface area (Å²) in [7, 11) is 0. The number of benzene rings is 2. The Bertz CT molecular complexity index is 685. The zero-order valence-corrected chi connectivity index (χ0v) is 11.2. The van der Waals surface area contributed by atoms with Crippen molar-refractivity contribution in [2.45, 2.75) is 11.8 Å². The van der Waals surface area contributed by atoms with Crippen molar-refractivity contribution in [3.05, 3.63) is 92.7 Å². The lowest BCUT2D eigenvalue weighted by atomic mass is 9.62. The molecule has 2 bridgehead atoms. The van der Waals surface area contributed by atoms with Crippen molar-refractivity contribution in [3.8, 4) is 0 Å². The third-order valence-electron chi connectivity index (χ3n) is 4.58. The van der Waals surface area contributed by atoms with Crippen molar-refractivity contribution >= 4 is 11.3 Å². The summed E-state index contributed by atoms with van der Waals surface area (Å²) in [6.45, 7) is 0. The van der Waals surface area contributed by atoms with E-state index in [1.54, 1.807) is 0 Å². The quantitative estimate of drug-likeness (QED) is 0.377. The lowest BCUT2D eigenvalue weighted by Crippen LogP contribution is -2.26. The maximum atomic E-state index is 2.35. The van der Waals surface area contributed by atoms with Gasteiger partial charge in [0.2, 0.25) is 0 Å². The van der Waals surface area contributed by atoms with Crippen LogP contribution in [0.5, 0.6) is 0 Å². The molecule has 0 radical (unpaired) electrons. The van der Waals surface area contributed by atoms with Crippen LogP contribution >= 0.6 is 11.3 Å². The molecule has 0 N–H and O–H groups in total. The number of rotatable bonds is 0. The lowest BCUT2D eigenvalue weighted by Gasteiger charge is -2.40. The van der Waals surface area contributed by atoms with Gasteiger partial charge in [-0.3, -0.25) is 0 Å². The second-order valence-corrected chi connectivity index (χ2v) is 6.15. The zero-order chi connectivity index (χ0) is 12.4. The van der Waals surface area contributed by atoms with Crippen LogP contribution in [-0.2, 0) is 0 Å². The highest BCUT2D eigenvalue weighted by Crippen LogP contribution is 2.56. The maximum Gasteiger partial charge on any atom is 0.0357 e. The highest BCUT2D eigenvalue weighted by Gasteiger charge is 2.41. The second-order valence-electron chi connectivity index (χ2n) is 5.41. The average molecular weight is 260 g/mol. The van der Waals surface area contributed by atoms with E-state index in [4.69, 9.17) is 0 Å². The predicted molar refractivity (Wildman–Crippen MR) is 79.1 cm³/mol. The van der Waals surface area contributed by atoms with Crippen molar-refractivity contribution in [3.63, 3.8) is 0 Å². The molecule has 3 aliphatic rings. The fourth-order valence-electron chi connectivity index (χ4n) is 3.86. The summed E-state index contributed by atoms with van der Waals surface area (Å²) in [6.07, 6.45) is 0. The molecule has 0 aliphatic heterocycles. The van der Waals surface area contributed by atoms with Gasteiger partial charge in [0.15, 0.2) is 0 Å². The van der Waals surface area contributed by atoms with Crippen molar-refractivity contribution in [1.29, 1.82) is 0 Å². The fourth-order valence-corrected chi connectivity index (χ4v) is 4.77. The van der Waals surface area contributed by atoms with Crippen LogP contribution in [0.4, 0.5) is 0 Å². The van der Waals surface area contributed by atoms with E-state index in [0.29, 0.717) is 11.8 Å². The molecule has 90 valence electrons. The Hall–Kier alpha value is -1.86. The van der Waals surface area contributed by atoms with E-state index in [9.17, 15) is 0 Å². The molecule has 0 atom stereocenters. The molecule has 0 saturated heterocycles. The second kappa shape index (κ2) is 3.37. The largest absolute Gasteiger partial charge is 0.152 e. The van der Waals surface area contributed by atoms with Gasteiger partial charge in [0.1, 0.15) is 0 Å². The molecular formula is C18H12S. The normalized spacial score (nSPS) is 21.7. The molecule has 1 heterocycles. The van der Waals surface area contributed by atoms with Crippen molar-refractivity contribution in [2.75, 3.05) is 0 Å². The van der Waals surface area contributed by atoms with Crippen LogP contribution in [0, 0.1) is 0 Å². The van der Waals surface area contributed by atoms with Crippen molar-refractivity contribution in [2.24, 2.45) is 0 Å². The van der Waals surface area contributed by atoms with Gasteiger partial charge in [0, 0.05) is 11.8 Å². The average Bonchev–Trinajstić information content (AvgIpc) is 2.96. The first kappa shape index (κ1) is 9.99. The van der Waals surface area contributed by atoms with Crippen LogP contribution in [0.15, 0.2) is 59.3 Å². The number of hydrogen-bond acceptors (Lipinski definition) is 1. The molecule has 0 unspecified atom stereocenters. The predicted octanol–water partition coefficient (Wildman–Crippen LogP) is 4.74. The highest BCUT2D eigenvalue weighted by molar-refractivity contribution is 7.08. The molecule has 3 aromatic rings. The Balaban J connectivity index is 1.94. The number of hydrogen-bond donors (Lipinski definition) is 0. The van der Waals surface area contributed by atoms with E-state index >= 15 is 0 Å². The Kier molecular flexibility index (Phi) is 1.77. The Morgan fingerprint density at radius 1 is 0.526 bits per heavy atom. The minimum absolute atomic E-state index is 0.457. The molecule has 2 aromatic carbocycles. The fraction of sp³-hybridized carbons (Fsp3) is 0.111. The standard InChI is InChI=1S/C18H12S/c1-2-6-12-11(5-1)17-13-7-3-4-8-14(13)18(12)16-10-19-9-15(16)17/h1-10,17-18H. The molecule has 1 aromatic heterocycles. The van der Waals surface area contributed by atoms with Crippen LogP contribution in [-0.4, -0.2) is 0 Å². The maximum absolute atomic E-state index is 2.35. The SMILES string of the molecule is c1ccc2c(c1)C1c3ccccc3C2c2cscc21. The van der Waals surface area contributed by atoms with Crippen LogP contribution in [0.3, 0.4) is 0 Å². The molecular weight excluding hydrogens is 248 g/mol. The van der Waals surface area contributed by atoms with Gasteiger partial charge in [-0.15, -0.1) is 0 Å². The molecule has 1 heteroatoms. The molecule has 6 rings (SSSR count). The van der Waals surface area contributed by atoms with Gasteiger partial charge in [-0.1, -0.05) is 48.5 Å². The van der Waals surface area contributed by atoms with E-state index in [1.807, 2.05) is 11.3 Å². The van der Waals surface area contributed by atoms with E-state index in [0.717, 1.165) is 0 Å². The van der Waals surface area contributed by atoms with Crippen molar-refractivity contribution < 1.29 is 0 Å². The van der Waals surface area contributed by atoms with Crippen LogP contribution in [0.2, 0.25) is 0 Å². The van der Waals surface area contributed by atoms with Gasteiger partial charge in [-0.25, -0.2) is 0 Å². The molecule has 0 fully saturated rings. The topological polar surface area (TPSA) is 0 Å². The van der Waals surface area contributed by atoms with Gasteiger partial charge >= 0.3 is 0 Å². The third kappa shape index (κ3) is 1.10. The van der Waals surface area contributed by atoms with Gasteiger partial charge < -0.3 is 0 Å². The monoisotopic (exact) mass is 260 g/mol. The molecule has 19 heavy (non-hydrogen) atoms. The summed E-state index contributed by atoms with van der Waals surface area (Å²) in [6, 6.07) is 17.9. The molecule has 0 saturated carbocycles. The zero-order valence-electron chi connectivity index (χ0n) is 10.3. The van der Waals surface area contributed by atoms with Gasteiger partial charge in [0.25, 0.3) is 0 Å². The van der Waals surface area contributed by atoms with Crippen molar-refractivity contribution in [1.82, 2.24) is 0 Å². The first-order valence-electron chi connectivity index (χ1n) is 6.69. The number of thiophene rings is 1. The Morgan fingerprint density at radius 2 is 0.895 bits per heavy atom. The minimum atomic E-state index is 0.457. The Morgan fingerprint density at radius 3 is 1.26 bits per heavy atom. The first-order valence-corrected chi connectivity index (χ1v) is 7.63. The third-order valence-corrected chi connectivity index (χ3v) is 5.36. The molecule has 0 spiro atoms.